The highest BCUT2D eigenvalue weighted by atomic mass is 32.2. The molecule has 1 amide bonds. The van der Waals surface area contributed by atoms with Crippen molar-refractivity contribution in [3.63, 3.8) is 0 Å². The molecule has 0 aliphatic heterocycles. The van der Waals surface area contributed by atoms with Gasteiger partial charge in [-0.05, 0) is 0 Å². The average Bonchev–Trinajstić information content (AvgIpc) is 2.23. The van der Waals surface area contributed by atoms with Crippen molar-refractivity contribution in [1.29, 1.82) is 5.26 Å². The molecular formula is C9H14N2O4S. The van der Waals surface area contributed by atoms with Crippen LogP contribution in [-0.4, -0.2) is 60.2 Å². The summed E-state index contributed by atoms with van der Waals surface area (Å²) < 4.78 is 4.78. The molecule has 0 unspecified atom stereocenters. The van der Waals surface area contributed by atoms with E-state index in [1.54, 1.807) is 0 Å². The van der Waals surface area contributed by atoms with Crippen LogP contribution in [0, 0.1) is 11.3 Å². The number of rotatable bonds is 8. The highest BCUT2D eigenvalue weighted by molar-refractivity contribution is 8.00. The second-order valence-corrected chi connectivity index (χ2v) is 3.84. The first-order valence-electron chi connectivity index (χ1n) is 4.55. The number of hydrogen-bond donors (Lipinski definition) is 1. The van der Waals surface area contributed by atoms with Crippen molar-refractivity contribution < 1.29 is 19.4 Å². The summed E-state index contributed by atoms with van der Waals surface area (Å²) in [5.41, 5.74) is 0. The number of methoxy groups -OCH3 is 1. The van der Waals surface area contributed by atoms with Crippen LogP contribution < -0.4 is 0 Å². The van der Waals surface area contributed by atoms with Crippen molar-refractivity contribution in [2.75, 3.05) is 38.3 Å². The Bertz CT molecular complexity index is 277. The lowest BCUT2D eigenvalue weighted by molar-refractivity contribution is -0.143. The van der Waals surface area contributed by atoms with Gasteiger partial charge < -0.3 is 14.7 Å². The zero-order valence-electron chi connectivity index (χ0n) is 9.01. The molecule has 0 aliphatic carbocycles. The highest BCUT2D eigenvalue weighted by Gasteiger charge is 2.15. The lowest BCUT2D eigenvalue weighted by Crippen LogP contribution is -2.39. The van der Waals surface area contributed by atoms with Gasteiger partial charge in [-0.2, -0.15) is 5.26 Å². The summed E-state index contributed by atoms with van der Waals surface area (Å²) in [4.78, 5) is 23.3. The van der Waals surface area contributed by atoms with Crippen LogP contribution in [0.3, 0.4) is 0 Å². The van der Waals surface area contributed by atoms with Gasteiger partial charge in [-0.1, -0.05) is 0 Å². The monoisotopic (exact) mass is 246 g/mol. The molecule has 1 N–H and O–H groups in total. The molecule has 7 heteroatoms. The summed E-state index contributed by atoms with van der Waals surface area (Å²) in [6.45, 7) is 0.200. The van der Waals surface area contributed by atoms with Crippen LogP contribution in [0.4, 0.5) is 0 Å². The van der Waals surface area contributed by atoms with Gasteiger partial charge >= 0.3 is 5.97 Å². The van der Waals surface area contributed by atoms with E-state index in [1.165, 1.54) is 12.0 Å². The number of hydrogen-bond acceptors (Lipinski definition) is 5. The van der Waals surface area contributed by atoms with E-state index in [0.717, 1.165) is 11.8 Å². The lowest BCUT2D eigenvalue weighted by Gasteiger charge is -2.19. The molecule has 0 atom stereocenters. The van der Waals surface area contributed by atoms with E-state index < -0.39 is 5.97 Å². The van der Waals surface area contributed by atoms with Crippen LogP contribution in [0.1, 0.15) is 0 Å². The minimum absolute atomic E-state index is 0.116. The van der Waals surface area contributed by atoms with E-state index in [0.29, 0.717) is 6.61 Å². The van der Waals surface area contributed by atoms with Crippen molar-refractivity contribution in [1.82, 2.24) is 4.90 Å². The number of carbonyl (C=O) groups is 2. The molecule has 0 aliphatic rings. The highest BCUT2D eigenvalue weighted by Crippen LogP contribution is 2.02. The molecular weight excluding hydrogens is 232 g/mol. The van der Waals surface area contributed by atoms with E-state index >= 15 is 0 Å². The van der Waals surface area contributed by atoms with Gasteiger partial charge in [-0.25, -0.2) is 0 Å². The second kappa shape index (κ2) is 9.00. The molecule has 6 nitrogen and oxygen atoms in total. The minimum atomic E-state index is -1.06. The first kappa shape index (κ1) is 14.7. The molecule has 0 radical (unpaired) electrons. The maximum atomic E-state index is 11.5. The summed E-state index contributed by atoms with van der Waals surface area (Å²) in [6, 6.07) is 1.90. The van der Waals surface area contributed by atoms with Crippen LogP contribution in [0.15, 0.2) is 0 Å². The predicted octanol–water partition coefficient (Wildman–Crippen LogP) is -0.197. The number of nitrogens with zero attached hydrogens (tertiary/aromatic N) is 2. The third-order valence-corrected chi connectivity index (χ3v) is 2.42. The number of carboxylic acid groups (broad SMARTS) is 1. The molecule has 0 saturated heterocycles. The number of aliphatic carboxylic acids is 1. The maximum absolute atomic E-state index is 11.5. The molecule has 0 spiro atoms. The van der Waals surface area contributed by atoms with Crippen molar-refractivity contribution in [2.45, 2.75) is 0 Å². The predicted molar refractivity (Wildman–Crippen MR) is 59.0 cm³/mol. The Hall–Kier alpha value is -1.26. The molecule has 0 rings (SSSR count). The molecule has 16 heavy (non-hydrogen) atoms. The van der Waals surface area contributed by atoms with E-state index in [9.17, 15) is 9.59 Å². The zero-order valence-corrected chi connectivity index (χ0v) is 9.83. The van der Waals surface area contributed by atoms with Crippen molar-refractivity contribution in [3.8, 4) is 6.07 Å². The molecule has 0 aromatic heterocycles. The lowest BCUT2D eigenvalue weighted by atomic mass is 10.4. The van der Waals surface area contributed by atoms with Gasteiger partial charge in [0.05, 0.1) is 24.2 Å². The van der Waals surface area contributed by atoms with Gasteiger partial charge in [0.15, 0.2) is 0 Å². The number of thioether (sulfide) groups is 1. The maximum Gasteiger partial charge on any atom is 0.323 e. The molecule has 0 aromatic carbocycles. The first-order chi connectivity index (χ1) is 7.61. The van der Waals surface area contributed by atoms with E-state index in [2.05, 4.69) is 0 Å². The van der Waals surface area contributed by atoms with Crippen LogP contribution in [0.5, 0.6) is 0 Å². The Labute approximate surface area is 98.2 Å². The van der Waals surface area contributed by atoms with Crippen molar-refractivity contribution in [3.05, 3.63) is 0 Å². The molecule has 0 saturated carbocycles. The van der Waals surface area contributed by atoms with Gasteiger partial charge in [0.25, 0.3) is 0 Å². The fourth-order valence-electron chi connectivity index (χ4n) is 0.932. The van der Waals surface area contributed by atoms with Crippen LogP contribution in [-0.2, 0) is 14.3 Å². The van der Waals surface area contributed by atoms with E-state index in [-0.39, 0.29) is 30.5 Å². The average molecular weight is 246 g/mol. The number of amides is 1. The Morgan fingerprint density at radius 1 is 1.56 bits per heavy atom. The first-order valence-corrected chi connectivity index (χ1v) is 5.70. The second-order valence-electron chi connectivity index (χ2n) is 2.85. The largest absolute Gasteiger partial charge is 0.480 e. The number of carbonyl (C=O) groups excluding carboxylic acids is 1. The number of carboxylic acids is 1. The Kier molecular flexibility index (Phi) is 8.29. The zero-order chi connectivity index (χ0) is 12.4. The Balaban J connectivity index is 4.10. The van der Waals surface area contributed by atoms with Gasteiger partial charge in [0.1, 0.15) is 6.54 Å². The summed E-state index contributed by atoms with van der Waals surface area (Å²) in [7, 11) is 1.48. The standard InChI is InChI=1S/C9H14N2O4S/c1-15-4-3-11(6-9(13)14)8(12)7-16-5-2-10/h3-7H2,1H3,(H,13,14). The SMILES string of the molecule is COCCN(CC(=O)O)C(=O)CSCC#N. The van der Waals surface area contributed by atoms with Gasteiger partial charge in [-0.3, -0.25) is 9.59 Å². The summed E-state index contributed by atoms with van der Waals surface area (Å²) in [6.07, 6.45) is 0. The minimum Gasteiger partial charge on any atom is -0.480 e. The normalized spacial score (nSPS) is 9.50. The topological polar surface area (TPSA) is 90.6 Å². The quantitative estimate of drug-likeness (QED) is 0.597. The summed E-state index contributed by atoms with van der Waals surface area (Å²) >= 11 is 1.16. The summed E-state index contributed by atoms with van der Waals surface area (Å²) in [5.74, 6) is -1.02. The molecule has 0 aromatic rings. The fourth-order valence-corrected chi connectivity index (χ4v) is 1.48. The fraction of sp³-hybridized carbons (Fsp3) is 0.667. The van der Waals surface area contributed by atoms with Crippen LogP contribution in [0.25, 0.3) is 0 Å². The molecule has 0 fully saturated rings. The van der Waals surface area contributed by atoms with E-state index in [4.69, 9.17) is 15.1 Å². The van der Waals surface area contributed by atoms with Gasteiger partial charge in [0.2, 0.25) is 5.91 Å². The molecule has 0 bridgehead atoms. The Morgan fingerprint density at radius 2 is 2.25 bits per heavy atom. The van der Waals surface area contributed by atoms with Crippen LogP contribution in [0.2, 0.25) is 0 Å². The number of ether oxygens (including phenoxy) is 1. The van der Waals surface area contributed by atoms with Gasteiger partial charge in [0, 0.05) is 13.7 Å². The number of nitriles is 1. The molecule has 90 valence electrons. The smallest absolute Gasteiger partial charge is 0.323 e. The third-order valence-electron chi connectivity index (χ3n) is 1.64. The van der Waals surface area contributed by atoms with E-state index in [1.807, 2.05) is 6.07 Å². The Morgan fingerprint density at radius 3 is 2.75 bits per heavy atom. The molecule has 0 heterocycles. The summed E-state index contributed by atoms with van der Waals surface area (Å²) in [5, 5.41) is 16.9. The third kappa shape index (κ3) is 7.09. The van der Waals surface area contributed by atoms with Crippen molar-refractivity contribution >= 4 is 23.6 Å². The van der Waals surface area contributed by atoms with Crippen LogP contribution >= 0.6 is 11.8 Å². The van der Waals surface area contributed by atoms with Crippen molar-refractivity contribution in [2.24, 2.45) is 0 Å². The van der Waals surface area contributed by atoms with Gasteiger partial charge in [-0.15, -0.1) is 11.8 Å².